The Morgan fingerprint density at radius 1 is 1.17 bits per heavy atom. The van der Waals surface area contributed by atoms with E-state index in [0.717, 1.165) is 23.9 Å². The molecule has 3 aromatic rings. The van der Waals surface area contributed by atoms with Crippen LogP contribution in [0.5, 0.6) is 5.75 Å². The first-order valence-corrected chi connectivity index (χ1v) is 12.4. The van der Waals surface area contributed by atoms with Crippen LogP contribution >= 0.6 is 0 Å². The van der Waals surface area contributed by atoms with E-state index in [0.29, 0.717) is 35.1 Å². The third-order valence-corrected chi connectivity index (χ3v) is 7.16. The van der Waals surface area contributed by atoms with E-state index in [-0.39, 0.29) is 11.3 Å². The standard InChI is InChI=1S/C27H23F8N5O2/c1-14(17-11-38-40(20-7-6-16(28)10-19(20)29)22(17)39-23(36)26(30,31)32)37-13-25(27(33,34)35)12-24(2,42-25)18-5-3-4-15-8-9-41-21(15)18/h3-7,10-11,37H,1,8-9,12-13H2,2H3,(H2,36,39). The van der Waals surface area contributed by atoms with Gasteiger partial charge < -0.3 is 20.5 Å². The van der Waals surface area contributed by atoms with E-state index >= 15 is 0 Å². The number of ether oxygens (including phenoxy) is 2. The van der Waals surface area contributed by atoms with Crippen LogP contribution in [0, 0.1) is 11.6 Å². The van der Waals surface area contributed by atoms with E-state index in [1.165, 1.54) is 6.92 Å². The summed E-state index contributed by atoms with van der Waals surface area (Å²) in [5.74, 6) is -4.22. The number of fused-ring (bicyclic) bond motifs is 1. The van der Waals surface area contributed by atoms with Gasteiger partial charge >= 0.3 is 12.4 Å². The van der Waals surface area contributed by atoms with Gasteiger partial charge in [-0.25, -0.2) is 18.5 Å². The molecule has 1 fully saturated rings. The molecular formula is C27H23F8N5O2. The SMILES string of the molecule is C=C(NCC1(C(F)(F)F)CC(C)(c2cccc3c2OCC3)O1)c1cnn(-c2ccc(F)cc2F)c1/N=C(\N)C(F)(F)F. The van der Waals surface area contributed by atoms with E-state index < -0.39 is 65.5 Å². The molecule has 0 amide bonds. The highest BCUT2D eigenvalue weighted by Gasteiger charge is 2.68. The normalized spacial score (nSPS) is 22.4. The van der Waals surface area contributed by atoms with Crippen LogP contribution in [0.3, 0.4) is 0 Å². The Bertz CT molecular complexity index is 1570. The van der Waals surface area contributed by atoms with Gasteiger partial charge in [0.05, 0.1) is 30.5 Å². The van der Waals surface area contributed by atoms with Crippen LogP contribution in [0.25, 0.3) is 11.4 Å². The lowest BCUT2D eigenvalue weighted by molar-refractivity contribution is -0.382. The molecule has 3 heterocycles. The second-order valence-electron chi connectivity index (χ2n) is 10.1. The van der Waals surface area contributed by atoms with Gasteiger partial charge in [-0.3, -0.25) is 0 Å². The zero-order valence-corrected chi connectivity index (χ0v) is 21.8. The Morgan fingerprint density at radius 2 is 1.88 bits per heavy atom. The average Bonchev–Trinajstić information content (AvgIpc) is 3.51. The van der Waals surface area contributed by atoms with Crippen molar-refractivity contribution in [3.05, 3.63) is 77.5 Å². The topological polar surface area (TPSA) is 86.7 Å². The van der Waals surface area contributed by atoms with Gasteiger partial charge in [0, 0.05) is 30.2 Å². The third-order valence-electron chi connectivity index (χ3n) is 7.16. The lowest BCUT2D eigenvalue weighted by Gasteiger charge is -2.55. The van der Waals surface area contributed by atoms with Crippen molar-refractivity contribution in [1.29, 1.82) is 0 Å². The molecule has 15 heteroatoms. The van der Waals surface area contributed by atoms with Crippen LogP contribution in [0.1, 0.15) is 30.0 Å². The van der Waals surface area contributed by atoms with Crippen molar-refractivity contribution >= 4 is 17.4 Å². The van der Waals surface area contributed by atoms with Gasteiger partial charge in [0.2, 0.25) is 5.84 Å². The Morgan fingerprint density at radius 3 is 2.52 bits per heavy atom. The Kier molecular flexibility index (Phi) is 6.99. The zero-order chi connectivity index (χ0) is 30.7. The summed E-state index contributed by atoms with van der Waals surface area (Å²) >= 11 is 0. The van der Waals surface area contributed by atoms with E-state index in [4.69, 9.17) is 15.2 Å². The average molecular weight is 601 g/mol. The van der Waals surface area contributed by atoms with Gasteiger partial charge in [-0.1, -0.05) is 24.8 Å². The molecule has 0 saturated carbocycles. The van der Waals surface area contributed by atoms with Gasteiger partial charge in [-0.15, -0.1) is 0 Å². The molecule has 1 saturated heterocycles. The molecule has 0 radical (unpaired) electrons. The number of para-hydroxylation sites is 1. The van der Waals surface area contributed by atoms with Gasteiger partial charge in [0.15, 0.2) is 17.2 Å². The first-order valence-electron chi connectivity index (χ1n) is 12.4. The Hall–Kier alpha value is -4.14. The highest BCUT2D eigenvalue weighted by molar-refractivity contribution is 5.89. The minimum absolute atomic E-state index is 0.320. The number of nitrogens with two attached hydrogens (primary N) is 1. The van der Waals surface area contributed by atoms with Gasteiger partial charge in [0.1, 0.15) is 17.3 Å². The van der Waals surface area contributed by atoms with Gasteiger partial charge in [-0.05, 0) is 24.6 Å². The molecule has 224 valence electrons. The van der Waals surface area contributed by atoms with Crippen molar-refractivity contribution in [1.82, 2.24) is 15.1 Å². The Balaban J connectivity index is 1.44. The van der Waals surface area contributed by atoms with E-state index in [1.807, 2.05) is 6.07 Å². The second kappa shape index (κ2) is 10.00. The number of alkyl halides is 6. The summed E-state index contributed by atoms with van der Waals surface area (Å²) in [4.78, 5) is 3.32. The molecule has 7 nitrogen and oxygen atoms in total. The van der Waals surface area contributed by atoms with E-state index in [1.54, 1.807) is 12.1 Å². The molecule has 0 bridgehead atoms. The number of hydrogen-bond acceptors (Lipinski definition) is 5. The van der Waals surface area contributed by atoms with Crippen molar-refractivity contribution < 1.29 is 44.6 Å². The van der Waals surface area contributed by atoms with Crippen molar-refractivity contribution in [2.75, 3.05) is 13.2 Å². The van der Waals surface area contributed by atoms with Crippen molar-refractivity contribution in [3.8, 4) is 11.4 Å². The number of nitrogens with one attached hydrogen (secondary N) is 1. The third kappa shape index (κ3) is 5.05. The molecule has 2 aliphatic heterocycles. The Labute approximate surface area is 233 Å². The van der Waals surface area contributed by atoms with Crippen LogP contribution in [-0.4, -0.2) is 46.7 Å². The van der Waals surface area contributed by atoms with Crippen molar-refractivity contribution in [2.24, 2.45) is 10.7 Å². The lowest BCUT2D eigenvalue weighted by Crippen LogP contribution is -2.68. The molecule has 3 N–H and O–H groups in total. The number of amidine groups is 1. The maximum atomic E-state index is 14.5. The number of aliphatic imine (C=N–C) groups is 1. The fraction of sp³-hybridized carbons (Fsp3) is 0.333. The summed E-state index contributed by atoms with van der Waals surface area (Å²) in [6.07, 6.45) is -8.94. The predicted molar refractivity (Wildman–Crippen MR) is 135 cm³/mol. The number of hydrogen-bond donors (Lipinski definition) is 2. The molecule has 2 aromatic carbocycles. The van der Waals surface area contributed by atoms with E-state index in [2.05, 4.69) is 22.0 Å². The highest BCUT2D eigenvalue weighted by Crippen LogP contribution is 2.57. The molecule has 2 atom stereocenters. The number of nitrogens with zero attached hydrogens (tertiary/aromatic N) is 3. The fourth-order valence-electron chi connectivity index (χ4n) is 5.12. The highest BCUT2D eigenvalue weighted by atomic mass is 19.4. The number of rotatable bonds is 7. The zero-order valence-electron chi connectivity index (χ0n) is 21.8. The van der Waals surface area contributed by atoms with Gasteiger partial charge in [-0.2, -0.15) is 31.4 Å². The van der Waals surface area contributed by atoms with E-state index in [9.17, 15) is 35.1 Å². The lowest BCUT2D eigenvalue weighted by atomic mass is 9.74. The predicted octanol–water partition coefficient (Wildman–Crippen LogP) is 5.83. The van der Waals surface area contributed by atoms with Crippen LogP contribution in [0.4, 0.5) is 40.9 Å². The minimum Gasteiger partial charge on any atom is -0.493 e. The smallest absolute Gasteiger partial charge is 0.449 e. The fourth-order valence-corrected chi connectivity index (χ4v) is 5.12. The summed E-state index contributed by atoms with van der Waals surface area (Å²) in [7, 11) is 0. The van der Waals surface area contributed by atoms with Crippen LogP contribution in [0.15, 0.2) is 54.2 Å². The molecule has 5 rings (SSSR count). The first-order chi connectivity index (χ1) is 19.5. The summed E-state index contributed by atoms with van der Waals surface area (Å²) in [5.41, 5.74) is 1.22. The molecule has 1 aromatic heterocycles. The molecule has 0 aliphatic carbocycles. The maximum absolute atomic E-state index is 14.5. The van der Waals surface area contributed by atoms with Crippen LogP contribution in [-0.2, 0) is 16.8 Å². The molecule has 2 unspecified atom stereocenters. The first kappa shape index (κ1) is 29.4. The molecule has 2 aliphatic rings. The monoisotopic (exact) mass is 601 g/mol. The second-order valence-corrected chi connectivity index (χ2v) is 10.1. The number of aromatic nitrogens is 2. The van der Waals surface area contributed by atoms with Gasteiger partial charge in [0.25, 0.3) is 0 Å². The minimum atomic E-state index is -5.10. The van der Waals surface area contributed by atoms with Crippen LogP contribution in [0.2, 0.25) is 0 Å². The van der Waals surface area contributed by atoms with Crippen LogP contribution < -0.4 is 15.8 Å². The van der Waals surface area contributed by atoms with Crippen molar-refractivity contribution in [2.45, 2.75) is 43.3 Å². The summed E-state index contributed by atoms with van der Waals surface area (Å²) < 4.78 is 122. The molecule has 42 heavy (non-hydrogen) atoms. The quantitative estimate of drug-likeness (QED) is 0.202. The maximum Gasteiger partial charge on any atom is 0.449 e. The largest absolute Gasteiger partial charge is 0.493 e. The summed E-state index contributed by atoms with van der Waals surface area (Å²) in [6, 6.07) is 7.36. The number of benzene rings is 2. The summed E-state index contributed by atoms with van der Waals surface area (Å²) in [5, 5.41) is 6.27. The molecular weight excluding hydrogens is 578 g/mol. The number of halogens is 8. The molecule has 0 spiro atoms. The van der Waals surface area contributed by atoms with Crippen molar-refractivity contribution in [3.63, 3.8) is 0 Å². The summed E-state index contributed by atoms with van der Waals surface area (Å²) in [6.45, 7) is 4.66.